The maximum absolute atomic E-state index is 12.7. The van der Waals surface area contributed by atoms with Crippen LogP contribution in [0.25, 0.3) is 0 Å². The molecule has 0 spiro atoms. The van der Waals surface area contributed by atoms with Crippen molar-refractivity contribution >= 4 is 23.2 Å². The van der Waals surface area contributed by atoms with Crippen LogP contribution >= 0.6 is 0 Å². The predicted octanol–water partition coefficient (Wildman–Crippen LogP) is 5.77. The van der Waals surface area contributed by atoms with Gasteiger partial charge in [0, 0.05) is 24.3 Å². The molecule has 4 rings (SSSR count). The molecule has 0 aliphatic carbocycles. The summed E-state index contributed by atoms with van der Waals surface area (Å²) in [6.07, 6.45) is 0.215. The monoisotopic (exact) mass is 428 g/mol. The van der Waals surface area contributed by atoms with E-state index in [1.165, 1.54) is 5.56 Å². The van der Waals surface area contributed by atoms with Crippen molar-refractivity contribution < 1.29 is 14.3 Å². The van der Waals surface area contributed by atoms with Crippen molar-refractivity contribution in [1.82, 2.24) is 0 Å². The summed E-state index contributed by atoms with van der Waals surface area (Å²) in [6.45, 7) is 6.92. The van der Waals surface area contributed by atoms with E-state index in [1.54, 1.807) is 4.90 Å². The number of amides is 2. The summed E-state index contributed by atoms with van der Waals surface area (Å²) in [6, 6.07) is 24.8. The Bertz CT molecular complexity index is 1080. The number of nitrogens with one attached hydrogen (secondary N) is 1. The topological polar surface area (TPSA) is 58.6 Å². The van der Waals surface area contributed by atoms with E-state index in [9.17, 15) is 9.59 Å². The minimum Gasteiger partial charge on any atom is -0.457 e. The van der Waals surface area contributed by atoms with Crippen LogP contribution in [0.3, 0.4) is 0 Å². The van der Waals surface area contributed by atoms with E-state index in [0.717, 1.165) is 11.4 Å². The summed E-state index contributed by atoms with van der Waals surface area (Å²) < 4.78 is 5.92. The van der Waals surface area contributed by atoms with Crippen LogP contribution in [0.1, 0.15) is 32.8 Å². The zero-order valence-corrected chi connectivity index (χ0v) is 18.7. The fourth-order valence-electron chi connectivity index (χ4n) is 3.75. The lowest BCUT2D eigenvalue weighted by molar-refractivity contribution is -0.122. The molecule has 32 heavy (non-hydrogen) atoms. The number of nitrogens with zero attached hydrogens (tertiary/aromatic N) is 1. The second-order valence-corrected chi connectivity index (χ2v) is 9.13. The van der Waals surface area contributed by atoms with Gasteiger partial charge in [0.05, 0.1) is 5.92 Å². The van der Waals surface area contributed by atoms with Crippen molar-refractivity contribution in [3.63, 3.8) is 0 Å². The number of hydrogen-bond acceptors (Lipinski definition) is 3. The molecule has 2 amide bonds. The van der Waals surface area contributed by atoms with Gasteiger partial charge in [-0.15, -0.1) is 0 Å². The number of benzene rings is 3. The van der Waals surface area contributed by atoms with E-state index in [4.69, 9.17) is 4.74 Å². The Morgan fingerprint density at radius 1 is 0.906 bits per heavy atom. The molecule has 1 aliphatic heterocycles. The van der Waals surface area contributed by atoms with E-state index in [1.807, 2.05) is 66.7 Å². The zero-order valence-electron chi connectivity index (χ0n) is 18.7. The lowest BCUT2D eigenvalue weighted by Gasteiger charge is -2.19. The van der Waals surface area contributed by atoms with Crippen LogP contribution in [0.5, 0.6) is 11.5 Å². The fourth-order valence-corrected chi connectivity index (χ4v) is 3.75. The largest absolute Gasteiger partial charge is 0.457 e. The number of para-hydroxylation sites is 1. The van der Waals surface area contributed by atoms with E-state index < -0.39 is 0 Å². The molecule has 1 N–H and O–H groups in total. The van der Waals surface area contributed by atoms with Crippen molar-refractivity contribution in [1.29, 1.82) is 0 Å². The molecule has 5 heteroatoms. The minimum atomic E-state index is -0.375. The van der Waals surface area contributed by atoms with Crippen LogP contribution in [-0.2, 0) is 15.0 Å². The normalized spacial score (nSPS) is 16.2. The smallest absolute Gasteiger partial charge is 0.229 e. The maximum atomic E-state index is 12.7. The van der Waals surface area contributed by atoms with Crippen molar-refractivity contribution in [3.8, 4) is 11.5 Å². The van der Waals surface area contributed by atoms with E-state index >= 15 is 0 Å². The summed E-state index contributed by atoms with van der Waals surface area (Å²) in [5.74, 6) is 0.902. The highest BCUT2D eigenvalue weighted by molar-refractivity contribution is 6.03. The first-order valence-electron chi connectivity index (χ1n) is 10.8. The zero-order chi connectivity index (χ0) is 22.7. The molecule has 0 saturated carbocycles. The molecule has 0 radical (unpaired) electrons. The molecule has 0 unspecified atom stereocenters. The first-order chi connectivity index (χ1) is 15.3. The molecule has 1 heterocycles. The lowest BCUT2D eigenvalue weighted by Crippen LogP contribution is -2.28. The molecule has 5 nitrogen and oxygen atoms in total. The number of anilines is 2. The first-order valence-corrected chi connectivity index (χ1v) is 10.8. The van der Waals surface area contributed by atoms with Gasteiger partial charge in [-0.1, -0.05) is 51.1 Å². The van der Waals surface area contributed by atoms with Crippen LogP contribution in [-0.4, -0.2) is 18.4 Å². The molecule has 1 aliphatic rings. The Hall–Kier alpha value is -3.60. The molecule has 3 aromatic carbocycles. The summed E-state index contributed by atoms with van der Waals surface area (Å²) in [4.78, 5) is 26.7. The number of ether oxygens (including phenoxy) is 1. The van der Waals surface area contributed by atoms with Gasteiger partial charge in [-0.25, -0.2) is 0 Å². The summed E-state index contributed by atoms with van der Waals surface area (Å²) in [7, 11) is 0. The molecule has 164 valence electrons. The second kappa shape index (κ2) is 8.87. The molecule has 0 bridgehead atoms. The quantitative estimate of drug-likeness (QED) is 0.561. The van der Waals surface area contributed by atoms with E-state index in [-0.39, 0.29) is 29.6 Å². The van der Waals surface area contributed by atoms with Crippen LogP contribution in [0.2, 0.25) is 0 Å². The average molecular weight is 429 g/mol. The van der Waals surface area contributed by atoms with Crippen molar-refractivity contribution in [2.45, 2.75) is 32.6 Å². The second-order valence-electron chi connectivity index (χ2n) is 9.13. The molecule has 1 atom stereocenters. The number of carbonyl (C=O) groups is 2. The third kappa shape index (κ3) is 4.99. The van der Waals surface area contributed by atoms with Gasteiger partial charge in [-0.2, -0.15) is 0 Å². The van der Waals surface area contributed by atoms with Gasteiger partial charge < -0.3 is 15.0 Å². The van der Waals surface area contributed by atoms with Gasteiger partial charge in [0.25, 0.3) is 0 Å². The van der Waals surface area contributed by atoms with Crippen molar-refractivity contribution in [3.05, 3.63) is 84.4 Å². The Morgan fingerprint density at radius 2 is 1.50 bits per heavy atom. The standard InChI is InChI=1S/C27H28N2O3/c1-27(2,3)20-9-13-23(14-10-20)32-24-15-11-21(12-16-24)28-26(31)19-17-25(30)29(18-19)22-7-5-4-6-8-22/h4-16,19H,17-18H2,1-3H3,(H,28,31)/t19-/m1/s1. The number of rotatable bonds is 5. The van der Waals surface area contributed by atoms with Gasteiger partial charge in [-0.05, 0) is 59.5 Å². The van der Waals surface area contributed by atoms with Gasteiger partial charge in [0.2, 0.25) is 11.8 Å². The first kappa shape index (κ1) is 21.6. The van der Waals surface area contributed by atoms with E-state index in [2.05, 4.69) is 38.2 Å². The SMILES string of the molecule is CC(C)(C)c1ccc(Oc2ccc(NC(=O)[C@@H]3CC(=O)N(c4ccccc4)C3)cc2)cc1. The van der Waals surface area contributed by atoms with E-state index in [0.29, 0.717) is 18.0 Å². The predicted molar refractivity (Wildman–Crippen MR) is 127 cm³/mol. The summed E-state index contributed by atoms with van der Waals surface area (Å²) >= 11 is 0. The lowest BCUT2D eigenvalue weighted by atomic mass is 9.87. The average Bonchev–Trinajstić information content (AvgIpc) is 3.17. The van der Waals surface area contributed by atoms with Gasteiger partial charge in [-0.3, -0.25) is 9.59 Å². The van der Waals surface area contributed by atoms with Gasteiger partial charge in [0.1, 0.15) is 11.5 Å². The minimum absolute atomic E-state index is 0.0300. The molecule has 1 saturated heterocycles. The van der Waals surface area contributed by atoms with Crippen molar-refractivity contribution in [2.75, 3.05) is 16.8 Å². The van der Waals surface area contributed by atoms with Crippen LogP contribution in [0.4, 0.5) is 11.4 Å². The van der Waals surface area contributed by atoms with Crippen molar-refractivity contribution in [2.24, 2.45) is 5.92 Å². The molecular weight excluding hydrogens is 400 g/mol. The van der Waals surface area contributed by atoms with Gasteiger partial charge in [0.15, 0.2) is 0 Å². The summed E-state index contributed by atoms with van der Waals surface area (Å²) in [5, 5.41) is 2.92. The Morgan fingerprint density at radius 3 is 2.09 bits per heavy atom. The third-order valence-electron chi connectivity index (χ3n) is 5.64. The van der Waals surface area contributed by atoms with Gasteiger partial charge >= 0.3 is 0 Å². The molecular formula is C27H28N2O3. The Kier molecular flexibility index (Phi) is 5.99. The van der Waals surface area contributed by atoms with Crippen LogP contribution in [0.15, 0.2) is 78.9 Å². The number of carbonyl (C=O) groups excluding carboxylic acids is 2. The highest BCUT2D eigenvalue weighted by Crippen LogP contribution is 2.29. The molecule has 0 aromatic heterocycles. The Balaban J connectivity index is 1.34. The summed E-state index contributed by atoms with van der Waals surface area (Å²) in [5.41, 5.74) is 2.85. The molecule has 1 fully saturated rings. The van der Waals surface area contributed by atoms with Crippen LogP contribution < -0.4 is 15.0 Å². The fraction of sp³-hybridized carbons (Fsp3) is 0.259. The maximum Gasteiger partial charge on any atom is 0.229 e. The Labute approximate surface area is 189 Å². The highest BCUT2D eigenvalue weighted by atomic mass is 16.5. The molecule has 3 aromatic rings. The highest BCUT2D eigenvalue weighted by Gasteiger charge is 2.35. The third-order valence-corrected chi connectivity index (χ3v) is 5.64. The number of hydrogen-bond donors (Lipinski definition) is 1. The van der Waals surface area contributed by atoms with Crippen LogP contribution in [0, 0.1) is 5.92 Å².